The van der Waals surface area contributed by atoms with Gasteiger partial charge in [0.25, 0.3) is 0 Å². The van der Waals surface area contributed by atoms with Crippen molar-refractivity contribution in [3.63, 3.8) is 0 Å². The second-order valence-electron chi connectivity index (χ2n) is 4.76. The SMILES string of the molecule is COc1cccc(CC(N)Cc2ccc(F)cc2Cl)c1. The maximum Gasteiger partial charge on any atom is 0.124 e. The van der Waals surface area contributed by atoms with Gasteiger partial charge in [-0.15, -0.1) is 0 Å². The van der Waals surface area contributed by atoms with Gasteiger partial charge < -0.3 is 10.5 Å². The summed E-state index contributed by atoms with van der Waals surface area (Å²) in [5, 5.41) is 0.422. The second-order valence-corrected chi connectivity index (χ2v) is 5.16. The fraction of sp³-hybridized carbons (Fsp3) is 0.250. The molecule has 0 aromatic heterocycles. The van der Waals surface area contributed by atoms with Crippen LogP contribution in [-0.2, 0) is 12.8 Å². The molecule has 20 heavy (non-hydrogen) atoms. The third kappa shape index (κ3) is 3.95. The molecule has 0 aliphatic carbocycles. The fourth-order valence-corrected chi connectivity index (χ4v) is 2.39. The highest BCUT2D eigenvalue weighted by Gasteiger charge is 2.09. The number of hydrogen-bond donors (Lipinski definition) is 1. The first-order chi connectivity index (χ1) is 9.58. The maximum absolute atomic E-state index is 13.0. The van der Waals surface area contributed by atoms with Gasteiger partial charge in [-0.3, -0.25) is 0 Å². The second kappa shape index (κ2) is 6.73. The molecule has 106 valence electrons. The van der Waals surface area contributed by atoms with E-state index < -0.39 is 0 Å². The van der Waals surface area contributed by atoms with Crippen LogP contribution in [0.25, 0.3) is 0 Å². The largest absolute Gasteiger partial charge is 0.497 e. The molecular formula is C16H17ClFNO. The zero-order chi connectivity index (χ0) is 14.5. The molecule has 2 aromatic carbocycles. The van der Waals surface area contributed by atoms with Gasteiger partial charge in [-0.2, -0.15) is 0 Å². The van der Waals surface area contributed by atoms with E-state index in [1.807, 2.05) is 24.3 Å². The maximum atomic E-state index is 13.0. The van der Waals surface area contributed by atoms with Crippen molar-refractivity contribution >= 4 is 11.6 Å². The first-order valence-electron chi connectivity index (χ1n) is 6.41. The molecule has 0 fully saturated rings. The third-order valence-corrected chi connectivity index (χ3v) is 3.48. The highest BCUT2D eigenvalue weighted by molar-refractivity contribution is 6.31. The fourth-order valence-electron chi connectivity index (χ4n) is 2.14. The van der Waals surface area contributed by atoms with Gasteiger partial charge in [-0.25, -0.2) is 4.39 Å². The first kappa shape index (κ1) is 14.8. The summed E-state index contributed by atoms with van der Waals surface area (Å²) in [6.45, 7) is 0. The molecule has 2 aromatic rings. The van der Waals surface area contributed by atoms with Crippen molar-refractivity contribution in [2.24, 2.45) is 5.73 Å². The summed E-state index contributed by atoms with van der Waals surface area (Å²) < 4.78 is 18.2. The van der Waals surface area contributed by atoms with Crippen LogP contribution in [0.4, 0.5) is 4.39 Å². The topological polar surface area (TPSA) is 35.2 Å². The van der Waals surface area contributed by atoms with Crippen molar-refractivity contribution in [3.05, 3.63) is 64.4 Å². The van der Waals surface area contributed by atoms with Crippen LogP contribution in [0.2, 0.25) is 5.02 Å². The number of rotatable bonds is 5. The van der Waals surface area contributed by atoms with Crippen LogP contribution in [0.3, 0.4) is 0 Å². The molecule has 0 spiro atoms. The molecule has 0 aliphatic rings. The van der Waals surface area contributed by atoms with Gasteiger partial charge in [0.1, 0.15) is 11.6 Å². The van der Waals surface area contributed by atoms with E-state index in [0.29, 0.717) is 17.9 Å². The van der Waals surface area contributed by atoms with Gasteiger partial charge >= 0.3 is 0 Å². The number of halogens is 2. The minimum atomic E-state index is -0.333. The van der Waals surface area contributed by atoms with E-state index in [0.717, 1.165) is 16.9 Å². The molecule has 0 saturated heterocycles. The van der Waals surface area contributed by atoms with Crippen molar-refractivity contribution in [1.82, 2.24) is 0 Å². The van der Waals surface area contributed by atoms with Crippen LogP contribution in [0.1, 0.15) is 11.1 Å². The van der Waals surface area contributed by atoms with Crippen LogP contribution in [-0.4, -0.2) is 13.2 Å². The standard InChI is InChI=1S/C16H17ClFNO/c1-20-15-4-2-3-11(8-15)7-14(19)9-12-5-6-13(18)10-16(12)17/h2-6,8,10,14H,7,9,19H2,1H3. The van der Waals surface area contributed by atoms with Gasteiger partial charge in [0, 0.05) is 11.1 Å². The van der Waals surface area contributed by atoms with E-state index in [2.05, 4.69) is 0 Å². The number of methoxy groups -OCH3 is 1. The van der Waals surface area contributed by atoms with Gasteiger partial charge in [0.15, 0.2) is 0 Å². The zero-order valence-corrected chi connectivity index (χ0v) is 12.0. The number of nitrogens with two attached hydrogens (primary N) is 1. The average molecular weight is 294 g/mol. The van der Waals surface area contributed by atoms with E-state index in [-0.39, 0.29) is 11.9 Å². The summed E-state index contributed by atoms with van der Waals surface area (Å²) in [6.07, 6.45) is 1.32. The zero-order valence-electron chi connectivity index (χ0n) is 11.3. The Morgan fingerprint density at radius 1 is 1.20 bits per heavy atom. The van der Waals surface area contributed by atoms with Crippen LogP contribution in [0.5, 0.6) is 5.75 Å². The Balaban J connectivity index is 2.02. The average Bonchev–Trinajstić information content (AvgIpc) is 2.42. The van der Waals surface area contributed by atoms with E-state index in [1.54, 1.807) is 13.2 Å². The van der Waals surface area contributed by atoms with Crippen LogP contribution in [0.15, 0.2) is 42.5 Å². The lowest BCUT2D eigenvalue weighted by atomic mass is 9.99. The molecule has 0 heterocycles. The Morgan fingerprint density at radius 2 is 2.00 bits per heavy atom. The summed E-state index contributed by atoms with van der Waals surface area (Å²) in [5.41, 5.74) is 8.11. The summed E-state index contributed by atoms with van der Waals surface area (Å²) in [4.78, 5) is 0. The molecule has 1 atom stereocenters. The molecule has 2 rings (SSSR count). The van der Waals surface area contributed by atoms with Crippen molar-refractivity contribution < 1.29 is 9.13 Å². The van der Waals surface area contributed by atoms with E-state index in [9.17, 15) is 4.39 Å². The Hall–Kier alpha value is -1.58. The summed E-state index contributed by atoms with van der Waals surface area (Å²) in [5.74, 6) is 0.481. The lowest BCUT2D eigenvalue weighted by Gasteiger charge is -2.13. The van der Waals surface area contributed by atoms with Crippen molar-refractivity contribution in [2.45, 2.75) is 18.9 Å². The number of benzene rings is 2. The van der Waals surface area contributed by atoms with Gasteiger partial charge in [0.2, 0.25) is 0 Å². The normalized spacial score (nSPS) is 12.2. The number of hydrogen-bond acceptors (Lipinski definition) is 2. The lowest BCUT2D eigenvalue weighted by Crippen LogP contribution is -2.25. The van der Waals surface area contributed by atoms with Crippen molar-refractivity contribution in [3.8, 4) is 5.75 Å². The summed E-state index contributed by atoms with van der Waals surface area (Å²) in [7, 11) is 1.64. The number of ether oxygens (including phenoxy) is 1. The van der Waals surface area contributed by atoms with Crippen LogP contribution >= 0.6 is 11.6 Å². The highest BCUT2D eigenvalue weighted by atomic mass is 35.5. The molecule has 0 radical (unpaired) electrons. The van der Waals surface area contributed by atoms with Crippen molar-refractivity contribution in [1.29, 1.82) is 0 Å². The summed E-state index contributed by atoms with van der Waals surface area (Å²) in [6, 6.07) is 12.1. The van der Waals surface area contributed by atoms with E-state index in [4.69, 9.17) is 22.1 Å². The molecule has 0 aliphatic heterocycles. The third-order valence-electron chi connectivity index (χ3n) is 3.13. The minimum absolute atomic E-state index is 0.0786. The highest BCUT2D eigenvalue weighted by Crippen LogP contribution is 2.20. The van der Waals surface area contributed by atoms with E-state index in [1.165, 1.54) is 12.1 Å². The van der Waals surface area contributed by atoms with Gasteiger partial charge in [-0.1, -0.05) is 29.8 Å². The van der Waals surface area contributed by atoms with Gasteiger partial charge in [0.05, 0.1) is 7.11 Å². The molecule has 0 bridgehead atoms. The molecule has 0 saturated carbocycles. The molecule has 2 nitrogen and oxygen atoms in total. The smallest absolute Gasteiger partial charge is 0.124 e. The molecule has 2 N–H and O–H groups in total. The lowest BCUT2D eigenvalue weighted by molar-refractivity contribution is 0.414. The Bertz CT molecular complexity index is 588. The first-order valence-corrected chi connectivity index (χ1v) is 6.78. The summed E-state index contributed by atoms with van der Waals surface area (Å²) >= 11 is 6.01. The molecular weight excluding hydrogens is 277 g/mol. The van der Waals surface area contributed by atoms with Crippen LogP contribution in [0, 0.1) is 5.82 Å². The quantitative estimate of drug-likeness (QED) is 0.914. The Morgan fingerprint density at radius 3 is 2.70 bits per heavy atom. The van der Waals surface area contributed by atoms with Gasteiger partial charge in [-0.05, 0) is 48.2 Å². The predicted molar refractivity (Wildman–Crippen MR) is 79.8 cm³/mol. The predicted octanol–water partition coefficient (Wildman–Crippen LogP) is 3.60. The monoisotopic (exact) mass is 293 g/mol. The Kier molecular flexibility index (Phi) is 4.99. The Labute approximate surface area is 123 Å². The minimum Gasteiger partial charge on any atom is -0.497 e. The molecule has 4 heteroatoms. The van der Waals surface area contributed by atoms with Crippen molar-refractivity contribution in [2.75, 3.05) is 7.11 Å². The molecule has 1 unspecified atom stereocenters. The van der Waals surface area contributed by atoms with E-state index >= 15 is 0 Å². The molecule has 0 amide bonds. The van der Waals surface area contributed by atoms with Crippen LogP contribution < -0.4 is 10.5 Å².